The molecule has 0 spiro atoms. The second-order valence-corrected chi connectivity index (χ2v) is 9.01. The molecule has 0 amide bonds. The van der Waals surface area contributed by atoms with Crippen molar-refractivity contribution in [2.45, 2.75) is 45.4 Å². The van der Waals surface area contributed by atoms with Gasteiger partial charge in [0.15, 0.2) is 0 Å². The molecule has 17 heavy (non-hydrogen) atoms. The van der Waals surface area contributed by atoms with Crippen molar-refractivity contribution in [3.63, 3.8) is 0 Å². The zero-order valence-electron chi connectivity index (χ0n) is 11.9. The summed E-state index contributed by atoms with van der Waals surface area (Å²) in [5, 5.41) is 0. The Kier molecular flexibility index (Phi) is 4.57. The third-order valence-corrected chi connectivity index (χ3v) is 5.12. The predicted octanol–water partition coefficient (Wildman–Crippen LogP) is 2.90. The van der Waals surface area contributed by atoms with Gasteiger partial charge in [-0.05, 0) is 0 Å². The van der Waals surface area contributed by atoms with E-state index in [4.69, 9.17) is 4.74 Å². The van der Waals surface area contributed by atoms with Gasteiger partial charge in [0.25, 0.3) is 0 Å². The van der Waals surface area contributed by atoms with Gasteiger partial charge in [0, 0.05) is 0 Å². The molecule has 0 bridgehead atoms. The minimum absolute atomic E-state index is 0.117. The van der Waals surface area contributed by atoms with E-state index in [0.29, 0.717) is 0 Å². The van der Waals surface area contributed by atoms with Crippen LogP contribution in [0, 0.1) is 0 Å². The molecule has 1 unspecified atom stereocenters. The summed E-state index contributed by atoms with van der Waals surface area (Å²) in [4.78, 5) is 0. The fraction of sp³-hybridized carbons (Fsp3) is 0.533. The molecule has 1 rings (SSSR count). The van der Waals surface area contributed by atoms with Gasteiger partial charge in [-0.15, -0.1) is 0 Å². The topological polar surface area (TPSA) is 9.23 Å². The normalized spacial score (nSPS) is 13.5. The van der Waals surface area contributed by atoms with Gasteiger partial charge < -0.3 is 0 Å². The van der Waals surface area contributed by atoms with Crippen LogP contribution >= 0.6 is 0 Å². The molecule has 0 aromatic heterocycles. The van der Waals surface area contributed by atoms with Crippen molar-refractivity contribution in [3.05, 3.63) is 23.3 Å². The van der Waals surface area contributed by atoms with Gasteiger partial charge in [-0.3, -0.25) is 0 Å². The SMILES string of the molecule is C=[Se](C)c1cc(CC)cc(C(C)(C)C)c1OC. The van der Waals surface area contributed by atoms with Gasteiger partial charge in [0.05, 0.1) is 0 Å². The number of methoxy groups -OCH3 is 1. The van der Waals surface area contributed by atoms with Crippen LogP contribution in [0.5, 0.6) is 5.75 Å². The molecule has 0 aliphatic carbocycles. The van der Waals surface area contributed by atoms with Crippen LogP contribution in [0.15, 0.2) is 12.1 Å². The Morgan fingerprint density at radius 2 is 1.88 bits per heavy atom. The monoisotopic (exact) mass is 300 g/mol. The van der Waals surface area contributed by atoms with E-state index in [2.05, 4.69) is 51.1 Å². The molecule has 1 nitrogen and oxygen atoms in total. The van der Waals surface area contributed by atoms with Gasteiger partial charge >= 0.3 is 110 Å². The molecular weight excluding hydrogens is 275 g/mol. The zero-order chi connectivity index (χ0) is 13.2. The molecule has 0 saturated heterocycles. The summed E-state index contributed by atoms with van der Waals surface area (Å²) in [6.45, 7) is 8.91. The van der Waals surface area contributed by atoms with Gasteiger partial charge in [0.1, 0.15) is 0 Å². The van der Waals surface area contributed by atoms with Gasteiger partial charge in [-0.1, -0.05) is 0 Å². The summed E-state index contributed by atoms with van der Waals surface area (Å²) < 4.78 is 7.00. The first kappa shape index (κ1) is 14.5. The Hall–Kier alpha value is -0.591. The number of hydrogen-bond donors (Lipinski definition) is 0. The van der Waals surface area contributed by atoms with E-state index in [9.17, 15) is 0 Å². The van der Waals surface area contributed by atoms with Crippen molar-refractivity contribution in [1.82, 2.24) is 0 Å². The molecule has 1 aromatic carbocycles. The fourth-order valence-corrected chi connectivity index (χ4v) is 3.70. The molecular formula is C15H24OSe. The van der Waals surface area contributed by atoms with Crippen molar-refractivity contribution in [2.24, 2.45) is 0 Å². The van der Waals surface area contributed by atoms with Gasteiger partial charge in [-0.25, -0.2) is 0 Å². The maximum absolute atomic E-state index is 5.66. The molecule has 0 fully saturated rings. The van der Waals surface area contributed by atoms with Crippen LogP contribution in [0.2, 0.25) is 5.82 Å². The first-order valence-electron chi connectivity index (χ1n) is 5.98. The van der Waals surface area contributed by atoms with Crippen molar-refractivity contribution in [1.29, 1.82) is 0 Å². The Morgan fingerprint density at radius 1 is 1.29 bits per heavy atom. The quantitative estimate of drug-likeness (QED) is 0.780. The summed E-state index contributed by atoms with van der Waals surface area (Å²) in [5.41, 5.74) is 7.09. The number of rotatable bonds is 3. The number of benzene rings is 1. The minimum atomic E-state index is -0.968. The predicted molar refractivity (Wildman–Crippen MR) is 79.4 cm³/mol. The summed E-state index contributed by atoms with van der Waals surface area (Å²) in [5.74, 6) is 3.31. The Morgan fingerprint density at radius 3 is 2.24 bits per heavy atom. The molecule has 1 atom stereocenters. The molecule has 96 valence electrons. The van der Waals surface area contributed by atoms with Gasteiger partial charge in [0.2, 0.25) is 0 Å². The first-order valence-corrected chi connectivity index (χ1v) is 9.76. The van der Waals surface area contributed by atoms with E-state index in [1.165, 1.54) is 15.6 Å². The maximum atomic E-state index is 5.66. The Balaban J connectivity index is 3.56. The van der Waals surface area contributed by atoms with E-state index in [1.807, 2.05) is 0 Å². The van der Waals surface area contributed by atoms with Crippen molar-refractivity contribution in [2.75, 3.05) is 7.11 Å². The molecule has 0 heterocycles. The average Bonchev–Trinajstić information content (AvgIpc) is 2.25. The average molecular weight is 299 g/mol. The van der Waals surface area contributed by atoms with Crippen molar-refractivity contribution < 1.29 is 4.74 Å². The van der Waals surface area contributed by atoms with Crippen LogP contribution < -0.4 is 9.20 Å². The molecule has 0 saturated carbocycles. The third-order valence-electron chi connectivity index (χ3n) is 2.91. The van der Waals surface area contributed by atoms with E-state index in [1.54, 1.807) is 7.11 Å². The van der Waals surface area contributed by atoms with Crippen LogP contribution in [0.1, 0.15) is 38.8 Å². The van der Waals surface area contributed by atoms with Gasteiger partial charge in [-0.2, -0.15) is 0 Å². The first-order chi connectivity index (χ1) is 7.81. The van der Waals surface area contributed by atoms with Crippen molar-refractivity contribution >= 4 is 23.3 Å². The molecule has 1 aromatic rings. The number of ether oxygens (including phenoxy) is 1. The molecule has 2 heteroatoms. The van der Waals surface area contributed by atoms with Crippen LogP contribution in [-0.4, -0.2) is 26.0 Å². The summed E-state index contributed by atoms with van der Waals surface area (Å²) in [7, 11) is 1.77. The number of aryl methyl sites for hydroxylation is 1. The second kappa shape index (κ2) is 5.37. The van der Waals surface area contributed by atoms with E-state index < -0.39 is 13.5 Å². The fourth-order valence-electron chi connectivity index (χ4n) is 1.89. The Bertz CT molecular complexity index is 427. The van der Waals surface area contributed by atoms with E-state index in [-0.39, 0.29) is 5.41 Å². The zero-order valence-corrected chi connectivity index (χ0v) is 13.6. The summed E-state index contributed by atoms with van der Waals surface area (Å²) in [6.07, 6.45) is 1.07. The molecule has 0 N–H and O–H groups in total. The van der Waals surface area contributed by atoms with E-state index >= 15 is 0 Å². The summed E-state index contributed by atoms with van der Waals surface area (Å²) in [6, 6.07) is 4.57. The Labute approximate surface area is 110 Å². The standard InChI is InChI=1S/C15H24OSe/c1-8-11-9-12(15(2,3)4)14(16-5)13(10-11)17(6)7/h9-10H,6,8H2,1-5,7H3. The van der Waals surface area contributed by atoms with Crippen LogP contribution in [0.3, 0.4) is 0 Å². The van der Waals surface area contributed by atoms with Crippen LogP contribution in [-0.2, 0) is 11.8 Å². The second-order valence-electron chi connectivity index (χ2n) is 5.42. The number of hydrogen-bond acceptors (Lipinski definition) is 1. The van der Waals surface area contributed by atoms with Crippen LogP contribution in [0.25, 0.3) is 0 Å². The van der Waals surface area contributed by atoms with Crippen LogP contribution in [0.4, 0.5) is 0 Å². The third kappa shape index (κ3) is 3.20. The van der Waals surface area contributed by atoms with E-state index in [0.717, 1.165) is 12.2 Å². The molecule has 0 aliphatic rings. The summed E-state index contributed by atoms with van der Waals surface area (Å²) >= 11 is -0.968. The van der Waals surface area contributed by atoms with Crippen molar-refractivity contribution in [3.8, 4) is 5.75 Å². The molecule has 0 radical (unpaired) electrons. The molecule has 0 aliphatic heterocycles.